The molecule has 1 heterocycles. The molecule has 94 valence electrons. The van der Waals surface area contributed by atoms with E-state index in [-0.39, 0.29) is 5.78 Å². The minimum Gasteiger partial charge on any atom is -0.289 e. The van der Waals surface area contributed by atoms with Gasteiger partial charge in [0.15, 0.2) is 5.78 Å². The van der Waals surface area contributed by atoms with Gasteiger partial charge in [0.05, 0.1) is 0 Å². The van der Waals surface area contributed by atoms with E-state index in [0.717, 1.165) is 5.56 Å². The summed E-state index contributed by atoms with van der Waals surface area (Å²) in [7, 11) is 0. The topological polar surface area (TPSA) is 30.0 Å². The molecule has 0 radical (unpaired) electrons. The molecule has 2 rings (SSSR count). The van der Waals surface area contributed by atoms with Crippen molar-refractivity contribution in [3.8, 4) is 0 Å². The number of rotatable bonds is 5. The highest BCUT2D eigenvalue weighted by Gasteiger charge is 2.07. The van der Waals surface area contributed by atoms with E-state index in [0.29, 0.717) is 17.6 Å². The number of allylic oxidation sites excluding steroid dienone is 2. The van der Waals surface area contributed by atoms with Crippen LogP contribution in [0.5, 0.6) is 0 Å². The summed E-state index contributed by atoms with van der Waals surface area (Å²) in [6.45, 7) is 3.85. The third-order valence-electron chi connectivity index (χ3n) is 2.72. The highest BCUT2D eigenvalue weighted by atomic mass is 16.1. The summed E-state index contributed by atoms with van der Waals surface area (Å²) in [6, 6.07) is 13.0. The fourth-order valence-electron chi connectivity index (χ4n) is 1.70. The van der Waals surface area contributed by atoms with Gasteiger partial charge in [-0.15, -0.1) is 0 Å². The highest BCUT2D eigenvalue weighted by molar-refractivity contribution is 6.08. The Balaban J connectivity index is 1.95. The smallest absolute Gasteiger partial charge is 0.188 e. The number of carbonyl (C=O) groups excluding carboxylic acids is 1. The maximum atomic E-state index is 12.0. The number of benzene rings is 1. The molecule has 2 nitrogen and oxygen atoms in total. The lowest BCUT2D eigenvalue weighted by Crippen LogP contribution is -2.01. The van der Waals surface area contributed by atoms with E-state index in [1.807, 2.05) is 42.5 Å². The molecule has 0 bridgehead atoms. The molecule has 0 aliphatic carbocycles. The van der Waals surface area contributed by atoms with Crippen molar-refractivity contribution in [3.05, 3.63) is 84.2 Å². The average molecular weight is 249 g/mol. The van der Waals surface area contributed by atoms with Gasteiger partial charge in [0.25, 0.3) is 0 Å². The van der Waals surface area contributed by atoms with Crippen LogP contribution in [0, 0.1) is 0 Å². The Morgan fingerprint density at radius 1 is 1.16 bits per heavy atom. The van der Waals surface area contributed by atoms with Gasteiger partial charge < -0.3 is 0 Å². The molecule has 0 atom stereocenters. The lowest BCUT2D eigenvalue weighted by atomic mass is 10.0. The van der Waals surface area contributed by atoms with Gasteiger partial charge in [0.1, 0.15) is 0 Å². The van der Waals surface area contributed by atoms with Gasteiger partial charge in [-0.1, -0.05) is 55.1 Å². The molecule has 19 heavy (non-hydrogen) atoms. The molecule has 0 amide bonds. The van der Waals surface area contributed by atoms with Crippen LogP contribution in [0.2, 0.25) is 0 Å². The van der Waals surface area contributed by atoms with Crippen molar-refractivity contribution in [3.63, 3.8) is 0 Å². The molecule has 0 aliphatic heterocycles. The van der Waals surface area contributed by atoms with Crippen LogP contribution >= 0.6 is 0 Å². The molecule has 0 unspecified atom stereocenters. The highest BCUT2D eigenvalue weighted by Crippen LogP contribution is 2.11. The normalized spacial score (nSPS) is 10.5. The van der Waals surface area contributed by atoms with E-state index >= 15 is 0 Å². The van der Waals surface area contributed by atoms with Crippen LogP contribution in [0.15, 0.2) is 73.1 Å². The minimum atomic E-state index is -0.00330. The van der Waals surface area contributed by atoms with E-state index in [9.17, 15) is 4.79 Å². The van der Waals surface area contributed by atoms with Gasteiger partial charge in [-0.2, -0.15) is 0 Å². The molecule has 0 saturated carbocycles. The van der Waals surface area contributed by atoms with E-state index in [1.165, 1.54) is 0 Å². The summed E-state index contributed by atoms with van der Waals surface area (Å²) in [5.41, 5.74) is 2.29. The van der Waals surface area contributed by atoms with E-state index in [4.69, 9.17) is 0 Å². The van der Waals surface area contributed by atoms with Gasteiger partial charge in [-0.25, -0.2) is 0 Å². The summed E-state index contributed by atoms with van der Waals surface area (Å²) < 4.78 is 0. The Morgan fingerprint density at radius 3 is 2.63 bits per heavy atom. The fraction of sp³-hybridized carbons (Fsp3) is 0.0588. The van der Waals surface area contributed by atoms with Crippen molar-refractivity contribution in [2.75, 3.05) is 0 Å². The Morgan fingerprint density at radius 2 is 1.95 bits per heavy atom. The Hall–Kier alpha value is -2.48. The van der Waals surface area contributed by atoms with Crippen LogP contribution < -0.4 is 0 Å². The maximum Gasteiger partial charge on any atom is 0.188 e. The SMILES string of the molecule is C=C(C/C=C/c1cccnc1)C(=O)c1ccccc1. The molecular formula is C17H15NO. The second-order valence-electron chi connectivity index (χ2n) is 4.19. The number of pyridine rings is 1. The van der Waals surface area contributed by atoms with Crippen LogP contribution in [0.4, 0.5) is 0 Å². The first-order valence-electron chi connectivity index (χ1n) is 6.11. The Bertz CT molecular complexity index is 585. The Kier molecular flexibility index (Phi) is 4.40. The van der Waals surface area contributed by atoms with Crippen LogP contribution in [0.3, 0.4) is 0 Å². The predicted octanol–water partition coefficient (Wildman–Crippen LogP) is 3.92. The average Bonchev–Trinajstić information content (AvgIpc) is 2.48. The van der Waals surface area contributed by atoms with Crippen molar-refractivity contribution in [1.82, 2.24) is 4.98 Å². The molecule has 1 aromatic heterocycles. The third-order valence-corrected chi connectivity index (χ3v) is 2.72. The van der Waals surface area contributed by atoms with Crippen LogP contribution in [0.1, 0.15) is 22.3 Å². The first-order valence-corrected chi connectivity index (χ1v) is 6.11. The zero-order valence-electron chi connectivity index (χ0n) is 10.6. The first-order chi connectivity index (χ1) is 9.27. The number of hydrogen-bond acceptors (Lipinski definition) is 2. The monoisotopic (exact) mass is 249 g/mol. The number of hydrogen-bond donors (Lipinski definition) is 0. The lowest BCUT2D eigenvalue weighted by Gasteiger charge is -2.01. The zero-order chi connectivity index (χ0) is 13.5. The summed E-state index contributed by atoms with van der Waals surface area (Å²) in [5, 5.41) is 0. The van der Waals surface area contributed by atoms with Gasteiger partial charge >= 0.3 is 0 Å². The summed E-state index contributed by atoms with van der Waals surface area (Å²) in [5.74, 6) is -0.00330. The molecular weight excluding hydrogens is 234 g/mol. The van der Waals surface area contributed by atoms with Gasteiger partial charge in [0.2, 0.25) is 0 Å². The first kappa shape index (κ1) is 13.0. The number of aromatic nitrogens is 1. The molecule has 0 fully saturated rings. The number of ketones is 1. The number of Topliss-reactive ketones (excluding diaryl/α,β-unsaturated/α-hetero) is 1. The van der Waals surface area contributed by atoms with Crippen molar-refractivity contribution in [2.45, 2.75) is 6.42 Å². The number of carbonyl (C=O) groups is 1. The van der Waals surface area contributed by atoms with Gasteiger partial charge in [-0.05, 0) is 23.6 Å². The minimum absolute atomic E-state index is 0.00330. The van der Waals surface area contributed by atoms with Crippen LogP contribution in [-0.4, -0.2) is 10.8 Å². The third kappa shape index (κ3) is 3.75. The quantitative estimate of drug-likeness (QED) is 0.593. The van der Waals surface area contributed by atoms with Crippen molar-refractivity contribution >= 4 is 11.9 Å². The summed E-state index contributed by atoms with van der Waals surface area (Å²) in [6.07, 6.45) is 7.92. The van der Waals surface area contributed by atoms with Gasteiger partial charge in [-0.3, -0.25) is 9.78 Å². The number of nitrogens with zero attached hydrogens (tertiary/aromatic N) is 1. The Labute approximate surface area is 113 Å². The van der Waals surface area contributed by atoms with Crippen molar-refractivity contribution in [2.24, 2.45) is 0 Å². The molecule has 0 aliphatic rings. The van der Waals surface area contributed by atoms with Crippen LogP contribution in [-0.2, 0) is 0 Å². The van der Waals surface area contributed by atoms with E-state index in [1.54, 1.807) is 24.5 Å². The predicted molar refractivity (Wildman–Crippen MR) is 77.8 cm³/mol. The second-order valence-corrected chi connectivity index (χ2v) is 4.19. The van der Waals surface area contributed by atoms with E-state index < -0.39 is 0 Å². The zero-order valence-corrected chi connectivity index (χ0v) is 10.6. The van der Waals surface area contributed by atoms with Crippen LogP contribution in [0.25, 0.3) is 6.08 Å². The lowest BCUT2D eigenvalue weighted by molar-refractivity contribution is 0.103. The van der Waals surface area contributed by atoms with Crippen molar-refractivity contribution in [1.29, 1.82) is 0 Å². The standard InChI is InChI=1S/C17H15NO/c1-14(17(19)16-10-3-2-4-11-16)7-5-8-15-9-6-12-18-13-15/h2-6,8-13H,1,7H2/b8-5+. The molecule has 0 saturated heterocycles. The molecule has 2 heteroatoms. The second kappa shape index (κ2) is 6.45. The molecule has 0 spiro atoms. The summed E-state index contributed by atoms with van der Waals surface area (Å²) >= 11 is 0. The molecule has 0 N–H and O–H groups in total. The van der Waals surface area contributed by atoms with E-state index in [2.05, 4.69) is 11.6 Å². The summed E-state index contributed by atoms with van der Waals surface area (Å²) in [4.78, 5) is 16.1. The van der Waals surface area contributed by atoms with Crippen molar-refractivity contribution < 1.29 is 4.79 Å². The van der Waals surface area contributed by atoms with Gasteiger partial charge in [0, 0.05) is 18.0 Å². The maximum absolute atomic E-state index is 12.0. The fourth-order valence-corrected chi connectivity index (χ4v) is 1.70. The largest absolute Gasteiger partial charge is 0.289 e. The molecule has 1 aromatic carbocycles. The molecule has 2 aromatic rings.